The molecule has 0 aliphatic heterocycles. The van der Waals surface area contributed by atoms with Crippen LogP contribution in [-0.2, 0) is 6.42 Å². The molecule has 0 radical (unpaired) electrons. The predicted molar refractivity (Wildman–Crippen MR) is 89.4 cm³/mol. The summed E-state index contributed by atoms with van der Waals surface area (Å²) in [4.78, 5) is 14.0. The van der Waals surface area contributed by atoms with E-state index in [0.717, 1.165) is 18.4 Å². The maximum Gasteiger partial charge on any atom is 0.176 e. The van der Waals surface area contributed by atoms with Crippen LogP contribution in [0.3, 0.4) is 0 Å². The molecule has 0 saturated heterocycles. The van der Waals surface area contributed by atoms with Gasteiger partial charge in [0.15, 0.2) is 5.78 Å². The van der Waals surface area contributed by atoms with Gasteiger partial charge in [-0.15, -0.1) is 11.8 Å². The lowest BCUT2D eigenvalue weighted by molar-refractivity contribution is 0.0979. The van der Waals surface area contributed by atoms with Crippen LogP contribution in [0.1, 0.15) is 39.0 Å². The van der Waals surface area contributed by atoms with Crippen molar-refractivity contribution in [1.82, 2.24) is 0 Å². The van der Waals surface area contributed by atoms with Crippen LogP contribution >= 0.6 is 11.8 Å². The zero-order chi connectivity index (χ0) is 15.0. The third kappa shape index (κ3) is 2.77. The van der Waals surface area contributed by atoms with E-state index in [1.165, 1.54) is 27.1 Å². The Labute approximate surface area is 130 Å². The Balaban J connectivity index is 1.89. The lowest BCUT2D eigenvalue weighted by Crippen LogP contribution is -2.24. The zero-order valence-electron chi connectivity index (χ0n) is 12.8. The number of ketones is 1. The number of fused-ring (bicyclic) bond motifs is 1. The van der Waals surface area contributed by atoms with E-state index in [9.17, 15) is 4.79 Å². The van der Waals surface area contributed by atoms with Crippen LogP contribution in [0.15, 0.2) is 41.3 Å². The minimum Gasteiger partial charge on any atom is -0.293 e. The van der Waals surface area contributed by atoms with E-state index in [4.69, 9.17) is 0 Å². The maximum absolute atomic E-state index is 12.7. The second kappa shape index (κ2) is 5.69. The molecular formula is C19H20OS. The molecule has 0 N–H and O–H groups in total. The van der Waals surface area contributed by atoms with E-state index in [1.807, 2.05) is 18.2 Å². The number of rotatable bonds is 2. The molecule has 3 rings (SSSR count). The molecule has 2 aromatic rings. The topological polar surface area (TPSA) is 17.1 Å². The van der Waals surface area contributed by atoms with Crippen molar-refractivity contribution in [2.24, 2.45) is 0 Å². The van der Waals surface area contributed by atoms with Crippen molar-refractivity contribution in [3.63, 3.8) is 0 Å². The van der Waals surface area contributed by atoms with Crippen molar-refractivity contribution in [3.05, 3.63) is 64.2 Å². The van der Waals surface area contributed by atoms with Crippen LogP contribution in [0.25, 0.3) is 0 Å². The third-order valence-electron chi connectivity index (χ3n) is 4.12. The number of hydrogen-bond donors (Lipinski definition) is 0. The summed E-state index contributed by atoms with van der Waals surface area (Å²) in [5.74, 6) is 0.293. The lowest BCUT2D eigenvalue weighted by Gasteiger charge is -2.24. The molecule has 1 atom stereocenters. The highest BCUT2D eigenvalue weighted by molar-refractivity contribution is 8.00. The van der Waals surface area contributed by atoms with Gasteiger partial charge in [0.05, 0.1) is 5.25 Å². The summed E-state index contributed by atoms with van der Waals surface area (Å²) in [6.45, 7) is 6.41. The number of carbonyl (C=O) groups is 1. The molecule has 2 aromatic carbocycles. The Morgan fingerprint density at radius 3 is 2.43 bits per heavy atom. The van der Waals surface area contributed by atoms with Crippen molar-refractivity contribution < 1.29 is 4.79 Å². The highest BCUT2D eigenvalue weighted by Crippen LogP contribution is 2.37. The first-order valence-corrected chi connectivity index (χ1v) is 8.31. The van der Waals surface area contributed by atoms with Gasteiger partial charge in [0.1, 0.15) is 0 Å². The Morgan fingerprint density at radius 2 is 1.71 bits per heavy atom. The van der Waals surface area contributed by atoms with Crippen LogP contribution in [0.5, 0.6) is 0 Å². The van der Waals surface area contributed by atoms with Gasteiger partial charge in [0.25, 0.3) is 0 Å². The van der Waals surface area contributed by atoms with Gasteiger partial charge in [-0.05, 0) is 50.3 Å². The minimum absolute atomic E-state index is 0.0556. The average Bonchev–Trinajstić information content (AvgIpc) is 2.45. The highest BCUT2D eigenvalue weighted by atomic mass is 32.2. The fourth-order valence-electron chi connectivity index (χ4n) is 3.18. The van der Waals surface area contributed by atoms with Crippen molar-refractivity contribution in [2.45, 2.75) is 43.8 Å². The molecule has 0 saturated carbocycles. The molecule has 0 heterocycles. The summed E-state index contributed by atoms with van der Waals surface area (Å²) in [5.41, 5.74) is 5.98. The van der Waals surface area contributed by atoms with E-state index in [-0.39, 0.29) is 5.25 Å². The van der Waals surface area contributed by atoms with Crippen LogP contribution in [0.2, 0.25) is 0 Å². The van der Waals surface area contributed by atoms with Gasteiger partial charge in [-0.3, -0.25) is 4.79 Å². The first-order valence-electron chi connectivity index (χ1n) is 7.43. The molecule has 2 heteroatoms. The van der Waals surface area contributed by atoms with E-state index in [1.54, 1.807) is 11.8 Å². The predicted octanol–water partition coefficient (Wildman–Crippen LogP) is 4.90. The van der Waals surface area contributed by atoms with E-state index in [0.29, 0.717) is 5.78 Å². The Morgan fingerprint density at radius 1 is 1.05 bits per heavy atom. The van der Waals surface area contributed by atoms with Gasteiger partial charge in [-0.25, -0.2) is 0 Å². The zero-order valence-corrected chi connectivity index (χ0v) is 13.6. The van der Waals surface area contributed by atoms with E-state index < -0.39 is 0 Å². The van der Waals surface area contributed by atoms with Gasteiger partial charge in [0.2, 0.25) is 0 Å². The second-order valence-electron chi connectivity index (χ2n) is 5.89. The van der Waals surface area contributed by atoms with Gasteiger partial charge in [0, 0.05) is 10.5 Å². The van der Waals surface area contributed by atoms with Crippen LogP contribution in [0.4, 0.5) is 0 Å². The summed E-state index contributed by atoms with van der Waals surface area (Å²) >= 11 is 1.75. The second-order valence-corrected chi connectivity index (χ2v) is 7.11. The molecule has 0 spiro atoms. The number of carbonyl (C=O) groups excluding carboxylic acids is 1. The third-order valence-corrected chi connectivity index (χ3v) is 5.73. The summed E-state index contributed by atoms with van der Waals surface area (Å²) < 4.78 is 0. The molecule has 0 fully saturated rings. The number of Topliss-reactive ketones (excluding diaryl/α,β-unsaturated/α-hetero) is 1. The van der Waals surface area contributed by atoms with Crippen molar-refractivity contribution >= 4 is 17.5 Å². The molecule has 1 aliphatic rings. The SMILES string of the molecule is Cc1cc(C)c(SC2CCc3ccccc3C2=O)c(C)c1. The summed E-state index contributed by atoms with van der Waals surface area (Å²) in [7, 11) is 0. The monoisotopic (exact) mass is 296 g/mol. The van der Waals surface area contributed by atoms with Crippen molar-refractivity contribution in [1.29, 1.82) is 0 Å². The number of benzene rings is 2. The molecule has 108 valence electrons. The first-order chi connectivity index (χ1) is 10.1. The smallest absolute Gasteiger partial charge is 0.176 e. The van der Waals surface area contributed by atoms with Gasteiger partial charge in [-0.1, -0.05) is 42.0 Å². The van der Waals surface area contributed by atoms with Crippen LogP contribution < -0.4 is 0 Å². The maximum atomic E-state index is 12.7. The quantitative estimate of drug-likeness (QED) is 0.784. The average molecular weight is 296 g/mol. The molecular weight excluding hydrogens is 276 g/mol. The van der Waals surface area contributed by atoms with Crippen molar-refractivity contribution in [3.8, 4) is 0 Å². The Bertz CT molecular complexity index is 679. The lowest BCUT2D eigenvalue weighted by atomic mass is 9.90. The molecule has 1 nitrogen and oxygen atoms in total. The van der Waals surface area contributed by atoms with Gasteiger partial charge >= 0.3 is 0 Å². The summed E-state index contributed by atoms with van der Waals surface area (Å²) in [5, 5.41) is 0.0556. The summed E-state index contributed by atoms with van der Waals surface area (Å²) in [6.07, 6.45) is 1.94. The molecule has 1 aliphatic carbocycles. The van der Waals surface area contributed by atoms with Crippen molar-refractivity contribution in [2.75, 3.05) is 0 Å². The summed E-state index contributed by atoms with van der Waals surface area (Å²) in [6, 6.07) is 12.4. The molecule has 21 heavy (non-hydrogen) atoms. The largest absolute Gasteiger partial charge is 0.293 e. The molecule has 0 bridgehead atoms. The van der Waals surface area contributed by atoms with Gasteiger partial charge in [-0.2, -0.15) is 0 Å². The molecule has 0 aromatic heterocycles. The Hall–Kier alpha value is -1.54. The molecule has 1 unspecified atom stereocenters. The fourth-order valence-corrected chi connectivity index (χ4v) is 4.42. The van der Waals surface area contributed by atoms with Crippen LogP contribution in [0, 0.1) is 20.8 Å². The fraction of sp³-hybridized carbons (Fsp3) is 0.316. The number of aryl methyl sites for hydroxylation is 4. The first kappa shape index (κ1) is 14.4. The highest BCUT2D eigenvalue weighted by Gasteiger charge is 2.28. The van der Waals surface area contributed by atoms with Crippen LogP contribution in [-0.4, -0.2) is 11.0 Å². The van der Waals surface area contributed by atoms with Gasteiger partial charge < -0.3 is 0 Å². The number of hydrogen-bond acceptors (Lipinski definition) is 2. The molecule has 0 amide bonds. The normalized spacial score (nSPS) is 17.7. The number of thioether (sulfide) groups is 1. The van der Waals surface area contributed by atoms with E-state index in [2.05, 4.69) is 39.0 Å². The Kier molecular flexibility index (Phi) is 3.90. The minimum atomic E-state index is 0.0556. The standard InChI is InChI=1S/C19H20OS/c1-12-10-13(2)19(14(3)11-12)21-17-9-8-15-6-4-5-7-16(15)18(17)20/h4-7,10-11,17H,8-9H2,1-3H3. The van der Waals surface area contributed by atoms with E-state index >= 15 is 0 Å².